The molecule has 0 bridgehead atoms. The third-order valence-electron chi connectivity index (χ3n) is 16.3. The van der Waals surface area contributed by atoms with Gasteiger partial charge in [-0.15, -0.1) is 0 Å². The average Bonchev–Trinajstić information content (AvgIpc) is 3.39. The predicted octanol–water partition coefficient (Wildman–Crippen LogP) is 23.0. The van der Waals surface area contributed by atoms with Crippen molar-refractivity contribution in [2.24, 2.45) is 17.8 Å². The van der Waals surface area contributed by atoms with Crippen LogP contribution in [0.2, 0.25) is 0 Å². The molecule has 0 N–H and O–H groups in total. The van der Waals surface area contributed by atoms with Gasteiger partial charge in [-0.1, -0.05) is 350 Å². The van der Waals surface area contributed by atoms with Gasteiger partial charge in [0.2, 0.25) is 0 Å². The molecule has 2 atom stereocenters. The summed E-state index contributed by atoms with van der Waals surface area (Å²) >= 11 is 0. The van der Waals surface area contributed by atoms with Crippen molar-refractivity contribution in [2.75, 3.05) is 13.2 Å². The predicted molar refractivity (Wildman–Crippen MR) is 326 cm³/mol. The Balaban J connectivity index is 4.26. The minimum Gasteiger partial charge on any atom is -0.462 e. The standard InChI is InChI=1S/C69H134O6/c1-7-65(6)57-51-45-39-33-27-21-15-10-8-9-11-16-22-28-34-40-46-52-58-67(70)73-61-66(75-69(72)60-54-48-42-36-30-24-18-20-26-32-38-44-50-56-64(4)5)62-74-68(71)59-53-47-41-35-29-23-17-13-12-14-19-25-31-37-43-49-55-63(2)3/h63-66H,7-62H2,1-6H3/t65?,66-/m1/s1. The van der Waals surface area contributed by atoms with E-state index in [0.717, 1.165) is 75.5 Å². The van der Waals surface area contributed by atoms with Crippen LogP contribution in [0, 0.1) is 17.8 Å². The van der Waals surface area contributed by atoms with Crippen molar-refractivity contribution < 1.29 is 28.6 Å². The Bertz CT molecular complexity index is 1170. The molecule has 1 unspecified atom stereocenters. The highest BCUT2D eigenvalue weighted by molar-refractivity contribution is 5.71. The molecule has 6 nitrogen and oxygen atoms in total. The Labute approximate surface area is 469 Å². The van der Waals surface area contributed by atoms with Crippen LogP contribution in [0.4, 0.5) is 0 Å². The van der Waals surface area contributed by atoms with E-state index in [1.165, 1.54) is 270 Å². The molecular formula is C69H134O6. The largest absolute Gasteiger partial charge is 0.462 e. The summed E-state index contributed by atoms with van der Waals surface area (Å²) in [4.78, 5) is 38.4. The molecule has 0 rings (SSSR count). The topological polar surface area (TPSA) is 78.9 Å². The Morgan fingerprint density at radius 2 is 0.467 bits per heavy atom. The zero-order valence-electron chi connectivity index (χ0n) is 51.9. The number of carbonyl (C=O) groups excluding carboxylic acids is 3. The number of esters is 3. The van der Waals surface area contributed by atoms with E-state index in [4.69, 9.17) is 14.2 Å². The fourth-order valence-corrected chi connectivity index (χ4v) is 10.7. The highest BCUT2D eigenvalue weighted by Crippen LogP contribution is 2.20. The van der Waals surface area contributed by atoms with Crippen molar-refractivity contribution in [3.8, 4) is 0 Å². The van der Waals surface area contributed by atoms with E-state index < -0.39 is 6.10 Å². The smallest absolute Gasteiger partial charge is 0.306 e. The number of carbonyl (C=O) groups is 3. The van der Waals surface area contributed by atoms with E-state index in [0.29, 0.717) is 19.3 Å². The lowest BCUT2D eigenvalue weighted by Crippen LogP contribution is -2.30. The second kappa shape index (κ2) is 60.1. The molecule has 0 aliphatic heterocycles. The second-order valence-electron chi connectivity index (χ2n) is 25.0. The monoisotopic (exact) mass is 1060 g/mol. The van der Waals surface area contributed by atoms with E-state index in [-0.39, 0.29) is 31.1 Å². The van der Waals surface area contributed by atoms with Gasteiger partial charge in [0, 0.05) is 19.3 Å². The van der Waals surface area contributed by atoms with Gasteiger partial charge in [-0.05, 0) is 37.0 Å². The molecule has 0 fully saturated rings. The van der Waals surface area contributed by atoms with Crippen molar-refractivity contribution in [1.82, 2.24) is 0 Å². The van der Waals surface area contributed by atoms with Crippen LogP contribution in [-0.2, 0) is 28.6 Å². The highest BCUT2D eigenvalue weighted by atomic mass is 16.6. The lowest BCUT2D eigenvalue weighted by atomic mass is 9.99. The Hall–Kier alpha value is -1.59. The van der Waals surface area contributed by atoms with Crippen LogP contribution in [0.3, 0.4) is 0 Å². The van der Waals surface area contributed by atoms with Crippen LogP contribution in [0.5, 0.6) is 0 Å². The molecule has 0 aliphatic rings. The zero-order valence-corrected chi connectivity index (χ0v) is 51.9. The first kappa shape index (κ1) is 73.4. The molecule has 6 heteroatoms. The summed E-state index contributed by atoms with van der Waals surface area (Å²) in [5.74, 6) is 1.77. The second-order valence-corrected chi connectivity index (χ2v) is 25.0. The van der Waals surface area contributed by atoms with Gasteiger partial charge in [0.25, 0.3) is 0 Å². The van der Waals surface area contributed by atoms with Gasteiger partial charge in [-0.3, -0.25) is 14.4 Å². The summed E-state index contributed by atoms with van der Waals surface area (Å²) in [7, 11) is 0. The van der Waals surface area contributed by atoms with Crippen LogP contribution in [0.25, 0.3) is 0 Å². The van der Waals surface area contributed by atoms with Crippen molar-refractivity contribution in [1.29, 1.82) is 0 Å². The molecule has 0 aromatic heterocycles. The third kappa shape index (κ3) is 61.5. The molecule has 0 saturated carbocycles. The molecule has 0 amide bonds. The lowest BCUT2D eigenvalue weighted by Gasteiger charge is -2.18. The summed E-state index contributed by atoms with van der Waals surface area (Å²) in [6.07, 6.45) is 66.8. The first-order valence-electron chi connectivity index (χ1n) is 34.1. The fraction of sp³-hybridized carbons (Fsp3) is 0.957. The minimum absolute atomic E-state index is 0.0621. The number of unbranched alkanes of at least 4 members (excludes halogenated alkanes) is 44. The van der Waals surface area contributed by atoms with Gasteiger partial charge >= 0.3 is 17.9 Å². The van der Waals surface area contributed by atoms with Crippen molar-refractivity contribution in [3.05, 3.63) is 0 Å². The van der Waals surface area contributed by atoms with E-state index in [9.17, 15) is 14.4 Å². The maximum absolute atomic E-state index is 12.9. The zero-order chi connectivity index (χ0) is 54.8. The Morgan fingerprint density at radius 1 is 0.267 bits per heavy atom. The summed E-state index contributed by atoms with van der Waals surface area (Å²) in [5, 5.41) is 0. The van der Waals surface area contributed by atoms with Crippen molar-refractivity contribution >= 4 is 17.9 Å². The quantitative estimate of drug-likeness (QED) is 0.0343. The minimum atomic E-state index is -0.765. The molecule has 0 heterocycles. The first-order chi connectivity index (χ1) is 36.6. The molecule has 0 aliphatic carbocycles. The maximum atomic E-state index is 12.9. The average molecular weight is 1060 g/mol. The van der Waals surface area contributed by atoms with Crippen LogP contribution in [0.1, 0.15) is 388 Å². The van der Waals surface area contributed by atoms with Gasteiger partial charge in [0.15, 0.2) is 6.10 Å². The van der Waals surface area contributed by atoms with Crippen molar-refractivity contribution in [3.63, 3.8) is 0 Å². The first-order valence-corrected chi connectivity index (χ1v) is 34.1. The van der Waals surface area contributed by atoms with E-state index in [2.05, 4.69) is 41.5 Å². The normalized spacial score (nSPS) is 12.5. The van der Waals surface area contributed by atoms with E-state index in [1.807, 2.05) is 0 Å². The molecular weight excluding hydrogens is 925 g/mol. The third-order valence-corrected chi connectivity index (χ3v) is 16.3. The van der Waals surface area contributed by atoms with Crippen molar-refractivity contribution in [2.45, 2.75) is 394 Å². The summed E-state index contributed by atoms with van der Waals surface area (Å²) < 4.78 is 17.0. The number of hydrogen-bond acceptors (Lipinski definition) is 6. The molecule has 446 valence electrons. The fourth-order valence-electron chi connectivity index (χ4n) is 10.7. The van der Waals surface area contributed by atoms with Crippen LogP contribution < -0.4 is 0 Å². The molecule has 0 aromatic carbocycles. The molecule has 0 aromatic rings. The number of ether oxygens (including phenoxy) is 3. The summed E-state index contributed by atoms with van der Waals surface area (Å²) in [5.41, 5.74) is 0. The molecule has 75 heavy (non-hydrogen) atoms. The summed E-state index contributed by atoms with van der Waals surface area (Å²) in [6.45, 7) is 13.9. The van der Waals surface area contributed by atoms with Crippen LogP contribution in [0.15, 0.2) is 0 Å². The van der Waals surface area contributed by atoms with E-state index >= 15 is 0 Å². The van der Waals surface area contributed by atoms with Crippen LogP contribution in [-0.4, -0.2) is 37.2 Å². The van der Waals surface area contributed by atoms with Crippen LogP contribution >= 0.6 is 0 Å². The lowest BCUT2D eigenvalue weighted by molar-refractivity contribution is -0.167. The van der Waals surface area contributed by atoms with Gasteiger partial charge in [-0.2, -0.15) is 0 Å². The molecule has 0 spiro atoms. The maximum Gasteiger partial charge on any atom is 0.306 e. The molecule has 0 saturated heterocycles. The summed E-state index contributed by atoms with van der Waals surface area (Å²) in [6, 6.07) is 0. The number of rotatable bonds is 62. The van der Waals surface area contributed by atoms with Gasteiger partial charge < -0.3 is 14.2 Å². The Morgan fingerprint density at radius 3 is 0.693 bits per heavy atom. The molecule has 0 radical (unpaired) electrons. The van der Waals surface area contributed by atoms with E-state index in [1.54, 1.807) is 0 Å². The highest BCUT2D eigenvalue weighted by Gasteiger charge is 2.20. The van der Waals surface area contributed by atoms with Gasteiger partial charge in [0.1, 0.15) is 13.2 Å². The van der Waals surface area contributed by atoms with Gasteiger partial charge in [0.05, 0.1) is 0 Å². The Kier molecular flexibility index (Phi) is 58.8. The van der Waals surface area contributed by atoms with Gasteiger partial charge in [-0.25, -0.2) is 0 Å². The SMILES string of the molecule is CCC(C)CCCCCCCCCCCCCCCCCCCCC(=O)OC[C@H](COC(=O)CCCCCCCCCCCCCCCCCCC(C)C)OC(=O)CCCCCCCCCCCCCCCC(C)C. The number of hydrogen-bond donors (Lipinski definition) is 0.